The number of rotatable bonds is 5. The van der Waals surface area contributed by atoms with E-state index >= 15 is 0 Å². The molecule has 0 amide bonds. The van der Waals surface area contributed by atoms with Gasteiger partial charge in [0.05, 0.1) is 33.3 Å². The number of ether oxygens (including phenoxy) is 4. The molecular weight excluding hydrogens is 468 g/mol. The smallest absolute Gasteiger partial charge is 0.312 e. The number of aromatic hydroxyl groups is 2. The normalized spacial score (nSPS) is 14.8. The Morgan fingerprint density at radius 2 is 1.56 bits per heavy atom. The Hall–Kier alpha value is -4.66. The van der Waals surface area contributed by atoms with Crippen LogP contribution < -0.4 is 24.4 Å². The van der Waals surface area contributed by atoms with Crippen molar-refractivity contribution < 1.29 is 38.4 Å². The van der Waals surface area contributed by atoms with Crippen molar-refractivity contribution in [1.82, 2.24) is 0 Å². The second kappa shape index (κ2) is 8.84. The highest BCUT2D eigenvalue weighted by Gasteiger charge is 2.37. The number of carbonyl (C=O) groups excluding carboxylic acids is 1. The van der Waals surface area contributed by atoms with Gasteiger partial charge in [-0.2, -0.15) is 0 Å². The van der Waals surface area contributed by atoms with E-state index in [1.165, 1.54) is 45.8 Å². The molecule has 1 aliphatic rings. The zero-order valence-electron chi connectivity index (χ0n) is 19.7. The van der Waals surface area contributed by atoms with Gasteiger partial charge < -0.3 is 33.6 Å². The first-order valence-corrected chi connectivity index (χ1v) is 11.0. The summed E-state index contributed by atoms with van der Waals surface area (Å²) in [6.45, 7) is 0. The Morgan fingerprint density at radius 1 is 0.889 bits per heavy atom. The van der Waals surface area contributed by atoms with Gasteiger partial charge in [-0.15, -0.1) is 0 Å². The van der Waals surface area contributed by atoms with Crippen molar-refractivity contribution in [3.05, 3.63) is 70.1 Å². The van der Waals surface area contributed by atoms with Crippen LogP contribution in [-0.2, 0) is 4.79 Å². The molecule has 5 rings (SSSR count). The van der Waals surface area contributed by atoms with Gasteiger partial charge in [-0.1, -0.05) is 12.1 Å². The standard InChI is InChI=1S/C27H22O9/c1-32-15-8-19(33-2)23(20(9-15)34-3)16-10-22(30)36-21-11-18(29)25-26(31)17(12-35-27(25)24(16)21)13-4-6-14(28)7-5-13/h4-9,11-12,16,28-29H,10H2,1-3H3/t16-/m0/s1. The summed E-state index contributed by atoms with van der Waals surface area (Å²) >= 11 is 0. The van der Waals surface area contributed by atoms with Crippen LogP contribution in [0.4, 0.5) is 0 Å². The third kappa shape index (κ3) is 3.65. The summed E-state index contributed by atoms with van der Waals surface area (Å²) in [6.07, 6.45) is 1.20. The summed E-state index contributed by atoms with van der Waals surface area (Å²) in [5, 5.41) is 20.3. The fourth-order valence-corrected chi connectivity index (χ4v) is 4.59. The lowest BCUT2D eigenvalue weighted by molar-refractivity contribution is -0.135. The van der Waals surface area contributed by atoms with Crippen molar-refractivity contribution in [3.63, 3.8) is 0 Å². The molecule has 3 aromatic carbocycles. The van der Waals surface area contributed by atoms with Crippen molar-refractivity contribution in [3.8, 4) is 45.6 Å². The molecule has 9 nitrogen and oxygen atoms in total. The molecule has 0 saturated carbocycles. The van der Waals surface area contributed by atoms with Crippen molar-refractivity contribution in [2.75, 3.05) is 21.3 Å². The summed E-state index contributed by atoms with van der Waals surface area (Å²) in [5.74, 6) is -0.180. The molecule has 0 bridgehead atoms. The molecule has 1 atom stereocenters. The summed E-state index contributed by atoms with van der Waals surface area (Å²) < 4.78 is 27.9. The van der Waals surface area contributed by atoms with Crippen LogP contribution in [0.25, 0.3) is 22.1 Å². The Labute approximate surface area is 205 Å². The van der Waals surface area contributed by atoms with Crippen LogP contribution in [0.5, 0.6) is 34.5 Å². The van der Waals surface area contributed by atoms with Gasteiger partial charge in [0.15, 0.2) is 0 Å². The fraction of sp³-hybridized carbons (Fsp3) is 0.185. The Morgan fingerprint density at radius 3 is 2.17 bits per heavy atom. The molecule has 0 fully saturated rings. The minimum Gasteiger partial charge on any atom is -0.508 e. The van der Waals surface area contributed by atoms with Crippen molar-refractivity contribution in [2.24, 2.45) is 0 Å². The van der Waals surface area contributed by atoms with Gasteiger partial charge >= 0.3 is 5.97 Å². The maximum Gasteiger partial charge on any atom is 0.312 e. The first-order chi connectivity index (χ1) is 17.4. The summed E-state index contributed by atoms with van der Waals surface area (Å²) in [7, 11) is 4.48. The molecule has 2 heterocycles. The van der Waals surface area contributed by atoms with Gasteiger partial charge in [0.2, 0.25) is 5.43 Å². The number of esters is 1. The highest BCUT2D eigenvalue weighted by molar-refractivity contribution is 5.94. The van der Waals surface area contributed by atoms with Crippen LogP contribution in [0.3, 0.4) is 0 Å². The lowest BCUT2D eigenvalue weighted by atomic mass is 9.83. The molecular formula is C27H22O9. The molecule has 36 heavy (non-hydrogen) atoms. The average molecular weight is 490 g/mol. The molecule has 0 unspecified atom stereocenters. The second-order valence-electron chi connectivity index (χ2n) is 8.21. The number of benzene rings is 3. The van der Waals surface area contributed by atoms with E-state index in [2.05, 4.69) is 0 Å². The fourth-order valence-electron chi connectivity index (χ4n) is 4.59. The van der Waals surface area contributed by atoms with E-state index < -0.39 is 17.3 Å². The van der Waals surface area contributed by atoms with E-state index in [1.54, 1.807) is 24.3 Å². The highest BCUT2D eigenvalue weighted by Crippen LogP contribution is 2.50. The van der Waals surface area contributed by atoms with Crippen molar-refractivity contribution in [2.45, 2.75) is 12.3 Å². The predicted octanol–water partition coefficient (Wildman–Crippen LogP) is 4.34. The molecule has 0 radical (unpaired) electrons. The molecule has 4 aromatic rings. The second-order valence-corrected chi connectivity index (χ2v) is 8.21. The van der Waals surface area contributed by atoms with E-state index in [1.807, 2.05) is 0 Å². The zero-order chi connectivity index (χ0) is 25.6. The average Bonchev–Trinajstić information content (AvgIpc) is 2.87. The quantitative estimate of drug-likeness (QED) is 0.310. The van der Waals surface area contributed by atoms with Gasteiger partial charge in [0, 0.05) is 35.2 Å². The Balaban J connectivity index is 1.80. The third-order valence-corrected chi connectivity index (χ3v) is 6.25. The number of hydrogen-bond acceptors (Lipinski definition) is 9. The molecule has 0 spiro atoms. The Kier molecular flexibility index (Phi) is 5.68. The number of hydrogen-bond donors (Lipinski definition) is 2. The van der Waals surface area contributed by atoms with Crippen LogP contribution in [0.1, 0.15) is 23.5 Å². The Bertz CT molecular complexity index is 1530. The minimum atomic E-state index is -0.678. The van der Waals surface area contributed by atoms with Crippen LogP contribution >= 0.6 is 0 Å². The predicted molar refractivity (Wildman–Crippen MR) is 129 cm³/mol. The first-order valence-electron chi connectivity index (χ1n) is 11.0. The van der Waals surface area contributed by atoms with Gasteiger partial charge in [-0.05, 0) is 17.7 Å². The molecule has 9 heteroatoms. The number of phenols is 2. The van der Waals surface area contributed by atoms with Crippen LogP contribution in [-0.4, -0.2) is 37.5 Å². The van der Waals surface area contributed by atoms with Crippen LogP contribution in [0.2, 0.25) is 0 Å². The monoisotopic (exact) mass is 490 g/mol. The first kappa shape index (κ1) is 23.1. The SMILES string of the molecule is COc1cc(OC)c([C@@H]2CC(=O)Oc3cc(O)c4c(=O)c(-c5ccc(O)cc5)coc4c32)c(OC)c1. The lowest BCUT2D eigenvalue weighted by Crippen LogP contribution is -2.23. The largest absolute Gasteiger partial charge is 0.508 e. The van der Waals surface area contributed by atoms with E-state index in [0.717, 1.165) is 0 Å². The van der Waals surface area contributed by atoms with E-state index in [4.69, 9.17) is 23.4 Å². The molecule has 0 saturated heterocycles. The topological polar surface area (TPSA) is 125 Å². The van der Waals surface area contributed by atoms with Gasteiger partial charge in [-0.3, -0.25) is 9.59 Å². The van der Waals surface area contributed by atoms with Crippen molar-refractivity contribution in [1.29, 1.82) is 0 Å². The van der Waals surface area contributed by atoms with Gasteiger partial charge in [0.25, 0.3) is 0 Å². The van der Waals surface area contributed by atoms with Crippen LogP contribution in [0.15, 0.2) is 57.9 Å². The molecule has 0 aliphatic carbocycles. The molecule has 184 valence electrons. The molecule has 1 aromatic heterocycles. The number of methoxy groups -OCH3 is 3. The maximum absolute atomic E-state index is 13.5. The lowest BCUT2D eigenvalue weighted by Gasteiger charge is -2.28. The highest BCUT2D eigenvalue weighted by atomic mass is 16.5. The summed E-state index contributed by atoms with van der Waals surface area (Å²) in [5.41, 5.74) is 1.24. The maximum atomic E-state index is 13.5. The van der Waals surface area contributed by atoms with Gasteiger partial charge in [0.1, 0.15) is 51.7 Å². The number of fused-ring (bicyclic) bond motifs is 3. The third-order valence-electron chi connectivity index (χ3n) is 6.25. The van der Waals surface area contributed by atoms with E-state index in [-0.39, 0.29) is 40.2 Å². The van der Waals surface area contributed by atoms with E-state index in [9.17, 15) is 19.8 Å². The van der Waals surface area contributed by atoms with Crippen molar-refractivity contribution >= 4 is 16.9 Å². The van der Waals surface area contributed by atoms with Crippen LogP contribution in [0, 0.1) is 0 Å². The summed E-state index contributed by atoms with van der Waals surface area (Å²) in [4.78, 5) is 26.1. The molecule has 2 N–H and O–H groups in total. The summed E-state index contributed by atoms with van der Waals surface area (Å²) in [6, 6.07) is 10.6. The number of carbonyl (C=O) groups is 1. The molecule has 1 aliphatic heterocycles. The van der Waals surface area contributed by atoms with E-state index in [0.29, 0.717) is 33.9 Å². The number of phenolic OH excluding ortho intramolecular Hbond substituents is 2. The zero-order valence-corrected chi connectivity index (χ0v) is 19.7. The minimum absolute atomic E-state index is 0.0490. The van der Waals surface area contributed by atoms with Gasteiger partial charge in [-0.25, -0.2) is 0 Å².